The molecule has 2 aromatic heterocycles. The Hall–Kier alpha value is -3.99. The van der Waals surface area contributed by atoms with Crippen molar-refractivity contribution in [2.45, 2.75) is 0 Å². The number of imidazole rings is 1. The van der Waals surface area contributed by atoms with Crippen LogP contribution in [-0.4, -0.2) is 29.2 Å². The lowest BCUT2D eigenvalue weighted by Gasteiger charge is -2.06. The van der Waals surface area contributed by atoms with E-state index in [0.29, 0.717) is 0 Å². The van der Waals surface area contributed by atoms with Gasteiger partial charge >= 0.3 is 0 Å². The minimum Gasteiger partial charge on any atom is -0.497 e. The number of aromatic nitrogens is 3. The van der Waals surface area contributed by atoms with E-state index in [1.807, 2.05) is 66.9 Å². The first kappa shape index (κ1) is 18.1. The van der Waals surface area contributed by atoms with E-state index in [0.717, 1.165) is 56.3 Å². The summed E-state index contributed by atoms with van der Waals surface area (Å²) >= 11 is 0. The standard InChI is InChI=1S/C25H21N3O2/c1-29-18-11-7-16(8-12-18)23-24(17-9-13-19(30-2)14-10-17)28-25(27-23)21-15-26-22-6-4-3-5-20(21)22/h3-15,26H,1-2H3,(H,27,28). The quantitative estimate of drug-likeness (QED) is 0.389. The zero-order valence-electron chi connectivity index (χ0n) is 16.8. The first-order valence-electron chi connectivity index (χ1n) is 9.72. The zero-order chi connectivity index (χ0) is 20.5. The number of H-pyrrole nitrogens is 2. The first-order valence-corrected chi connectivity index (χ1v) is 9.72. The number of fused-ring (bicyclic) bond motifs is 1. The number of nitrogens with one attached hydrogen (secondary N) is 2. The summed E-state index contributed by atoms with van der Waals surface area (Å²) in [6, 6.07) is 24.2. The topological polar surface area (TPSA) is 62.9 Å². The Morgan fingerprint density at radius 3 is 2.03 bits per heavy atom. The molecule has 0 atom stereocenters. The summed E-state index contributed by atoms with van der Waals surface area (Å²) in [6.45, 7) is 0. The second-order valence-corrected chi connectivity index (χ2v) is 7.01. The summed E-state index contributed by atoms with van der Waals surface area (Å²) in [5.41, 5.74) is 6.04. The van der Waals surface area contributed by atoms with Gasteiger partial charge in [0.2, 0.25) is 0 Å². The number of para-hydroxylation sites is 1. The second-order valence-electron chi connectivity index (χ2n) is 7.01. The van der Waals surface area contributed by atoms with Crippen LogP contribution >= 0.6 is 0 Å². The van der Waals surface area contributed by atoms with Gasteiger partial charge in [-0.05, 0) is 54.6 Å². The maximum absolute atomic E-state index is 5.31. The smallest absolute Gasteiger partial charge is 0.140 e. The van der Waals surface area contributed by atoms with Gasteiger partial charge in [0.1, 0.15) is 17.3 Å². The number of nitrogens with zero attached hydrogens (tertiary/aromatic N) is 1. The fraction of sp³-hybridized carbons (Fsp3) is 0.0800. The van der Waals surface area contributed by atoms with Crippen molar-refractivity contribution in [3.8, 4) is 45.4 Å². The molecule has 0 amide bonds. The Labute approximate surface area is 174 Å². The van der Waals surface area contributed by atoms with Crippen LogP contribution in [0, 0.1) is 0 Å². The van der Waals surface area contributed by atoms with Gasteiger partial charge in [-0.25, -0.2) is 4.98 Å². The van der Waals surface area contributed by atoms with E-state index in [2.05, 4.69) is 22.1 Å². The number of aromatic amines is 2. The highest BCUT2D eigenvalue weighted by atomic mass is 16.5. The van der Waals surface area contributed by atoms with E-state index in [1.165, 1.54) is 0 Å². The van der Waals surface area contributed by atoms with E-state index in [1.54, 1.807) is 14.2 Å². The monoisotopic (exact) mass is 395 g/mol. The third-order valence-corrected chi connectivity index (χ3v) is 5.29. The molecule has 0 radical (unpaired) electrons. The SMILES string of the molecule is COc1ccc(-c2nc(-c3c[nH]c4ccccc34)[nH]c2-c2ccc(OC)cc2)cc1. The molecule has 3 aromatic carbocycles. The van der Waals surface area contributed by atoms with Crippen molar-refractivity contribution in [1.29, 1.82) is 0 Å². The normalized spacial score (nSPS) is 11.0. The predicted molar refractivity (Wildman–Crippen MR) is 120 cm³/mol. The molecule has 0 aliphatic carbocycles. The number of methoxy groups -OCH3 is 2. The minimum absolute atomic E-state index is 0.817. The van der Waals surface area contributed by atoms with Crippen molar-refractivity contribution in [1.82, 2.24) is 15.0 Å². The average Bonchev–Trinajstić information content (AvgIpc) is 3.44. The molecule has 30 heavy (non-hydrogen) atoms. The summed E-state index contributed by atoms with van der Waals surface area (Å²) in [5, 5.41) is 1.13. The van der Waals surface area contributed by atoms with Crippen molar-refractivity contribution in [2.75, 3.05) is 14.2 Å². The summed E-state index contributed by atoms with van der Waals surface area (Å²) in [4.78, 5) is 11.9. The zero-order valence-corrected chi connectivity index (χ0v) is 16.8. The molecular formula is C25H21N3O2. The molecule has 0 aliphatic rings. The van der Waals surface area contributed by atoms with Crippen molar-refractivity contribution in [3.63, 3.8) is 0 Å². The Bertz CT molecular complexity index is 1230. The van der Waals surface area contributed by atoms with Crippen LogP contribution in [0.15, 0.2) is 79.0 Å². The van der Waals surface area contributed by atoms with Crippen LogP contribution in [0.4, 0.5) is 0 Å². The molecule has 0 saturated heterocycles. The van der Waals surface area contributed by atoms with E-state index in [-0.39, 0.29) is 0 Å². The Morgan fingerprint density at radius 1 is 0.733 bits per heavy atom. The lowest BCUT2D eigenvalue weighted by atomic mass is 10.0. The van der Waals surface area contributed by atoms with E-state index < -0.39 is 0 Å². The average molecular weight is 395 g/mol. The first-order chi connectivity index (χ1) is 14.8. The Balaban J connectivity index is 1.68. The summed E-state index contributed by atoms with van der Waals surface area (Å²) in [6.07, 6.45) is 2.00. The van der Waals surface area contributed by atoms with Gasteiger partial charge in [-0.3, -0.25) is 0 Å². The van der Waals surface area contributed by atoms with Crippen molar-refractivity contribution >= 4 is 10.9 Å². The molecule has 2 N–H and O–H groups in total. The molecule has 5 rings (SSSR count). The summed E-state index contributed by atoms with van der Waals surface area (Å²) in [7, 11) is 3.34. The molecule has 5 nitrogen and oxygen atoms in total. The maximum atomic E-state index is 5.31. The lowest BCUT2D eigenvalue weighted by Crippen LogP contribution is -1.87. The van der Waals surface area contributed by atoms with Crippen LogP contribution in [0.1, 0.15) is 0 Å². The van der Waals surface area contributed by atoms with E-state index in [9.17, 15) is 0 Å². The number of hydrogen-bond donors (Lipinski definition) is 2. The molecule has 0 spiro atoms. The maximum Gasteiger partial charge on any atom is 0.140 e. The summed E-state index contributed by atoms with van der Waals surface area (Å²) in [5.74, 6) is 2.46. The lowest BCUT2D eigenvalue weighted by molar-refractivity contribution is 0.414. The van der Waals surface area contributed by atoms with Gasteiger partial charge in [0.25, 0.3) is 0 Å². The number of hydrogen-bond acceptors (Lipinski definition) is 3. The van der Waals surface area contributed by atoms with Gasteiger partial charge in [-0.2, -0.15) is 0 Å². The van der Waals surface area contributed by atoms with Gasteiger partial charge in [-0.1, -0.05) is 18.2 Å². The van der Waals surface area contributed by atoms with Gasteiger partial charge in [0, 0.05) is 33.8 Å². The van der Waals surface area contributed by atoms with Gasteiger partial charge in [-0.15, -0.1) is 0 Å². The Kier molecular flexibility index (Phi) is 4.48. The number of benzene rings is 3. The van der Waals surface area contributed by atoms with Crippen LogP contribution < -0.4 is 9.47 Å². The molecule has 148 valence electrons. The second kappa shape index (κ2) is 7.44. The summed E-state index contributed by atoms with van der Waals surface area (Å²) < 4.78 is 10.6. The van der Waals surface area contributed by atoms with Gasteiger partial charge < -0.3 is 19.4 Å². The Morgan fingerprint density at radius 2 is 1.37 bits per heavy atom. The van der Waals surface area contributed by atoms with Gasteiger partial charge in [0.05, 0.1) is 25.6 Å². The molecular weight excluding hydrogens is 374 g/mol. The van der Waals surface area contributed by atoms with Crippen molar-refractivity contribution in [2.24, 2.45) is 0 Å². The fourth-order valence-electron chi connectivity index (χ4n) is 3.69. The minimum atomic E-state index is 0.817. The third-order valence-electron chi connectivity index (χ3n) is 5.29. The van der Waals surface area contributed by atoms with Gasteiger partial charge in [0.15, 0.2) is 0 Å². The molecule has 0 saturated carbocycles. The fourth-order valence-corrected chi connectivity index (χ4v) is 3.69. The van der Waals surface area contributed by atoms with Crippen LogP contribution in [-0.2, 0) is 0 Å². The third kappa shape index (κ3) is 3.10. The molecule has 0 unspecified atom stereocenters. The van der Waals surface area contributed by atoms with E-state index >= 15 is 0 Å². The van der Waals surface area contributed by atoms with Crippen LogP contribution in [0.2, 0.25) is 0 Å². The highest BCUT2D eigenvalue weighted by Gasteiger charge is 2.17. The highest BCUT2D eigenvalue weighted by Crippen LogP contribution is 2.36. The number of ether oxygens (including phenoxy) is 2. The number of rotatable bonds is 5. The van der Waals surface area contributed by atoms with Crippen LogP contribution in [0.25, 0.3) is 44.8 Å². The highest BCUT2D eigenvalue weighted by molar-refractivity contribution is 5.95. The molecule has 5 aromatic rings. The van der Waals surface area contributed by atoms with Crippen molar-refractivity contribution in [3.05, 3.63) is 79.0 Å². The van der Waals surface area contributed by atoms with Crippen LogP contribution in [0.3, 0.4) is 0 Å². The molecule has 2 heterocycles. The van der Waals surface area contributed by atoms with E-state index in [4.69, 9.17) is 14.5 Å². The predicted octanol–water partition coefficient (Wildman–Crippen LogP) is 5.91. The molecule has 0 aliphatic heterocycles. The van der Waals surface area contributed by atoms with Crippen LogP contribution in [0.5, 0.6) is 11.5 Å². The van der Waals surface area contributed by atoms with Crippen molar-refractivity contribution < 1.29 is 9.47 Å². The molecule has 0 fully saturated rings. The largest absolute Gasteiger partial charge is 0.497 e. The molecule has 0 bridgehead atoms. The molecule has 5 heteroatoms.